The van der Waals surface area contributed by atoms with Gasteiger partial charge in [0, 0.05) is 61.9 Å². The van der Waals surface area contributed by atoms with Crippen LogP contribution in [-0.4, -0.2) is 55.1 Å². The summed E-state index contributed by atoms with van der Waals surface area (Å²) in [6.45, 7) is 8.42. The van der Waals surface area contributed by atoms with Crippen LogP contribution in [0.5, 0.6) is 5.75 Å². The van der Waals surface area contributed by atoms with Crippen molar-refractivity contribution in [3.8, 4) is 5.75 Å². The van der Waals surface area contributed by atoms with Gasteiger partial charge < -0.3 is 15.0 Å². The van der Waals surface area contributed by atoms with Crippen molar-refractivity contribution in [3.05, 3.63) is 89.7 Å². The number of hydrogen-bond donors (Lipinski definition) is 1. The van der Waals surface area contributed by atoms with Crippen LogP contribution in [0, 0.1) is 6.92 Å². The lowest BCUT2D eigenvalue weighted by Gasteiger charge is -2.36. The molecule has 33 heavy (non-hydrogen) atoms. The third-order valence-electron chi connectivity index (χ3n) is 5.90. The molecule has 3 aromatic rings. The van der Waals surface area contributed by atoms with Crippen LogP contribution in [0.15, 0.2) is 73.1 Å². The van der Waals surface area contributed by atoms with Gasteiger partial charge in [0.25, 0.3) is 5.91 Å². The minimum absolute atomic E-state index is 0.0638. The predicted octanol–water partition coefficient (Wildman–Crippen LogP) is 3.91. The number of ether oxygens (including phenoxy) is 1. The molecule has 6 nitrogen and oxygen atoms in total. The molecule has 0 unspecified atom stereocenters. The molecular weight excluding hydrogens is 412 g/mol. The lowest BCUT2D eigenvalue weighted by atomic mass is 10.2. The monoisotopic (exact) mass is 444 g/mol. The maximum absolute atomic E-state index is 12.6. The van der Waals surface area contributed by atoms with E-state index in [4.69, 9.17) is 4.74 Å². The number of pyridine rings is 1. The highest BCUT2D eigenvalue weighted by Crippen LogP contribution is 2.18. The van der Waals surface area contributed by atoms with Gasteiger partial charge in [0.2, 0.25) is 0 Å². The molecule has 1 N–H and O–H groups in total. The Morgan fingerprint density at radius 3 is 2.67 bits per heavy atom. The summed E-state index contributed by atoms with van der Waals surface area (Å²) in [6.07, 6.45) is 4.45. The van der Waals surface area contributed by atoms with Gasteiger partial charge in [0.15, 0.2) is 0 Å². The summed E-state index contributed by atoms with van der Waals surface area (Å²) in [7, 11) is 0. The van der Waals surface area contributed by atoms with Gasteiger partial charge in [-0.15, -0.1) is 0 Å². The molecule has 0 aliphatic carbocycles. The Hall–Kier alpha value is -3.38. The zero-order valence-corrected chi connectivity index (χ0v) is 19.2. The SMILES string of the molecule is Cc1cccc(N2CCN(CCCNC(=O)c3cccc(OCc4cccnc4)c3)CC2)c1. The minimum atomic E-state index is -0.0638. The Kier molecular flexibility index (Phi) is 7.93. The summed E-state index contributed by atoms with van der Waals surface area (Å²) in [5.74, 6) is 0.615. The average Bonchev–Trinajstić information content (AvgIpc) is 2.86. The molecular formula is C27H32N4O2. The Bertz CT molecular complexity index is 1030. The van der Waals surface area contributed by atoms with Gasteiger partial charge in [0.1, 0.15) is 12.4 Å². The smallest absolute Gasteiger partial charge is 0.251 e. The number of aryl methyl sites for hydroxylation is 1. The van der Waals surface area contributed by atoms with Crippen molar-refractivity contribution < 1.29 is 9.53 Å². The molecule has 0 saturated carbocycles. The summed E-state index contributed by atoms with van der Waals surface area (Å²) >= 11 is 0. The van der Waals surface area contributed by atoms with E-state index in [1.165, 1.54) is 11.3 Å². The number of anilines is 1. The fourth-order valence-electron chi connectivity index (χ4n) is 4.04. The van der Waals surface area contributed by atoms with Crippen LogP contribution in [0.1, 0.15) is 27.9 Å². The van der Waals surface area contributed by atoms with Crippen molar-refractivity contribution in [2.45, 2.75) is 20.0 Å². The molecule has 1 aliphatic heterocycles. The molecule has 2 heterocycles. The normalized spacial score (nSPS) is 14.2. The van der Waals surface area contributed by atoms with Crippen LogP contribution < -0.4 is 15.0 Å². The Morgan fingerprint density at radius 1 is 1.03 bits per heavy atom. The fraction of sp³-hybridized carbons (Fsp3) is 0.333. The van der Waals surface area contributed by atoms with E-state index in [1.54, 1.807) is 18.5 Å². The van der Waals surface area contributed by atoms with Gasteiger partial charge in [-0.3, -0.25) is 14.7 Å². The first-order valence-corrected chi connectivity index (χ1v) is 11.6. The number of benzene rings is 2. The molecule has 0 radical (unpaired) electrons. The van der Waals surface area contributed by atoms with Crippen LogP contribution >= 0.6 is 0 Å². The third-order valence-corrected chi connectivity index (χ3v) is 5.90. The summed E-state index contributed by atoms with van der Waals surface area (Å²) < 4.78 is 5.80. The van der Waals surface area contributed by atoms with Gasteiger partial charge in [0.05, 0.1) is 0 Å². The van der Waals surface area contributed by atoms with E-state index in [2.05, 4.69) is 51.3 Å². The Morgan fingerprint density at radius 2 is 1.88 bits per heavy atom. The number of carbonyl (C=O) groups is 1. The topological polar surface area (TPSA) is 57.7 Å². The third kappa shape index (κ3) is 6.80. The van der Waals surface area contributed by atoms with Crippen molar-refractivity contribution in [2.75, 3.05) is 44.2 Å². The zero-order chi connectivity index (χ0) is 22.9. The lowest BCUT2D eigenvalue weighted by molar-refractivity contribution is 0.0951. The number of piperazine rings is 1. The predicted molar refractivity (Wildman–Crippen MR) is 132 cm³/mol. The van der Waals surface area contributed by atoms with Crippen molar-refractivity contribution >= 4 is 11.6 Å². The highest BCUT2D eigenvalue weighted by Gasteiger charge is 2.17. The van der Waals surface area contributed by atoms with Gasteiger partial charge in [-0.25, -0.2) is 0 Å². The molecule has 1 aliphatic rings. The van der Waals surface area contributed by atoms with E-state index in [1.807, 2.05) is 30.3 Å². The second-order valence-corrected chi connectivity index (χ2v) is 8.45. The first-order valence-electron chi connectivity index (χ1n) is 11.6. The second kappa shape index (κ2) is 11.5. The van der Waals surface area contributed by atoms with Crippen LogP contribution in [0.3, 0.4) is 0 Å². The van der Waals surface area contributed by atoms with E-state index >= 15 is 0 Å². The molecule has 1 fully saturated rings. The molecule has 1 saturated heterocycles. The van der Waals surface area contributed by atoms with Crippen molar-refractivity contribution in [1.82, 2.24) is 15.2 Å². The minimum Gasteiger partial charge on any atom is -0.489 e. The van der Waals surface area contributed by atoms with E-state index in [0.717, 1.165) is 44.7 Å². The summed E-state index contributed by atoms with van der Waals surface area (Å²) in [5, 5.41) is 3.04. The number of carbonyl (C=O) groups excluding carboxylic acids is 1. The van der Waals surface area contributed by atoms with Gasteiger partial charge in [-0.2, -0.15) is 0 Å². The molecule has 1 aromatic heterocycles. The van der Waals surface area contributed by atoms with Crippen LogP contribution in [0.25, 0.3) is 0 Å². The molecule has 1 amide bonds. The molecule has 6 heteroatoms. The van der Waals surface area contributed by atoms with E-state index in [9.17, 15) is 4.79 Å². The zero-order valence-electron chi connectivity index (χ0n) is 19.2. The molecule has 2 aromatic carbocycles. The number of hydrogen-bond acceptors (Lipinski definition) is 5. The first-order chi connectivity index (χ1) is 16.2. The van der Waals surface area contributed by atoms with Gasteiger partial charge in [-0.1, -0.05) is 24.3 Å². The van der Waals surface area contributed by atoms with Crippen molar-refractivity contribution in [3.63, 3.8) is 0 Å². The fourth-order valence-corrected chi connectivity index (χ4v) is 4.04. The summed E-state index contributed by atoms with van der Waals surface area (Å²) in [6, 6.07) is 19.9. The second-order valence-electron chi connectivity index (χ2n) is 8.45. The maximum Gasteiger partial charge on any atom is 0.251 e. The van der Waals surface area contributed by atoms with Crippen molar-refractivity contribution in [1.29, 1.82) is 0 Å². The lowest BCUT2D eigenvalue weighted by Crippen LogP contribution is -2.47. The Balaban J connectivity index is 1.16. The Labute approximate surface area is 196 Å². The van der Waals surface area contributed by atoms with Crippen LogP contribution in [-0.2, 0) is 6.61 Å². The largest absolute Gasteiger partial charge is 0.489 e. The highest BCUT2D eigenvalue weighted by molar-refractivity contribution is 5.94. The van der Waals surface area contributed by atoms with Crippen LogP contribution in [0.2, 0.25) is 0 Å². The molecule has 0 spiro atoms. The average molecular weight is 445 g/mol. The standard InChI is InChI=1S/C27H32N4O2/c1-22-6-2-9-25(18-22)31-16-14-30(15-17-31)13-5-12-29-27(32)24-8-3-10-26(19-24)33-21-23-7-4-11-28-20-23/h2-4,6-11,18-20H,5,12-17,21H2,1H3,(H,29,32). The van der Waals surface area contributed by atoms with Crippen LogP contribution in [0.4, 0.5) is 5.69 Å². The van der Waals surface area contributed by atoms with Gasteiger partial charge in [-0.05, 0) is 61.9 Å². The number of rotatable bonds is 9. The highest BCUT2D eigenvalue weighted by atomic mass is 16.5. The number of amides is 1. The number of aromatic nitrogens is 1. The number of nitrogens with zero attached hydrogens (tertiary/aromatic N) is 3. The number of nitrogens with one attached hydrogen (secondary N) is 1. The molecule has 4 rings (SSSR count). The van der Waals surface area contributed by atoms with Crippen molar-refractivity contribution in [2.24, 2.45) is 0 Å². The van der Waals surface area contributed by atoms with Gasteiger partial charge >= 0.3 is 0 Å². The molecule has 0 atom stereocenters. The van der Waals surface area contributed by atoms with E-state index in [0.29, 0.717) is 24.5 Å². The quantitative estimate of drug-likeness (QED) is 0.507. The van der Waals surface area contributed by atoms with E-state index < -0.39 is 0 Å². The molecule has 0 bridgehead atoms. The maximum atomic E-state index is 12.6. The first kappa shape index (κ1) is 22.8. The summed E-state index contributed by atoms with van der Waals surface area (Å²) in [5.41, 5.74) is 4.22. The summed E-state index contributed by atoms with van der Waals surface area (Å²) in [4.78, 5) is 21.6. The molecule has 172 valence electrons. The van der Waals surface area contributed by atoms with E-state index in [-0.39, 0.29) is 5.91 Å².